The average Bonchev–Trinajstić information content (AvgIpc) is 3.09. The van der Waals surface area contributed by atoms with Gasteiger partial charge in [-0.1, -0.05) is 12.1 Å². The number of hydrogen-bond acceptors (Lipinski definition) is 4. The molecule has 1 fully saturated rings. The SMILES string of the molecule is Cc1nc(C(F)(F)F)ccc1C(=O)Nc1cccc(CN2CCCC2C(N)=O)c1. The lowest BCUT2D eigenvalue weighted by Gasteiger charge is -2.22. The molecule has 1 aromatic carbocycles. The van der Waals surface area contributed by atoms with Crippen molar-refractivity contribution in [2.24, 2.45) is 5.73 Å². The van der Waals surface area contributed by atoms with E-state index in [0.717, 1.165) is 37.1 Å². The first kappa shape index (κ1) is 20.8. The lowest BCUT2D eigenvalue weighted by Crippen LogP contribution is -2.39. The molecule has 1 aromatic heterocycles. The third-order valence-electron chi connectivity index (χ3n) is 4.88. The van der Waals surface area contributed by atoms with E-state index in [0.29, 0.717) is 12.2 Å². The Labute approximate surface area is 165 Å². The smallest absolute Gasteiger partial charge is 0.368 e. The van der Waals surface area contributed by atoms with Gasteiger partial charge in [-0.2, -0.15) is 13.2 Å². The molecule has 0 aliphatic carbocycles. The van der Waals surface area contributed by atoms with Crippen LogP contribution < -0.4 is 11.1 Å². The second-order valence-corrected chi connectivity index (χ2v) is 7.01. The molecule has 9 heteroatoms. The first-order valence-corrected chi connectivity index (χ1v) is 9.13. The van der Waals surface area contributed by atoms with Gasteiger partial charge >= 0.3 is 6.18 Å². The summed E-state index contributed by atoms with van der Waals surface area (Å²) in [6, 6.07) is 8.69. The number of primary amides is 1. The predicted molar refractivity (Wildman–Crippen MR) is 101 cm³/mol. The lowest BCUT2D eigenvalue weighted by molar-refractivity contribution is -0.141. The highest BCUT2D eigenvalue weighted by Crippen LogP contribution is 2.28. The van der Waals surface area contributed by atoms with E-state index in [-0.39, 0.29) is 23.2 Å². The number of carbonyl (C=O) groups is 2. The van der Waals surface area contributed by atoms with Crippen molar-refractivity contribution in [3.63, 3.8) is 0 Å². The second kappa shape index (κ2) is 8.20. The molecule has 0 spiro atoms. The van der Waals surface area contributed by atoms with E-state index >= 15 is 0 Å². The summed E-state index contributed by atoms with van der Waals surface area (Å²) in [7, 11) is 0. The number of halogens is 3. The zero-order chi connectivity index (χ0) is 21.2. The first-order chi connectivity index (χ1) is 13.6. The summed E-state index contributed by atoms with van der Waals surface area (Å²) >= 11 is 0. The average molecular weight is 406 g/mol. The van der Waals surface area contributed by atoms with Crippen molar-refractivity contribution < 1.29 is 22.8 Å². The molecule has 2 aromatic rings. The van der Waals surface area contributed by atoms with Crippen LogP contribution in [0.3, 0.4) is 0 Å². The molecule has 0 radical (unpaired) electrons. The first-order valence-electron chi connectivity index (χ1n) is 9.13. The second-order valence-electron chi connectivity index (χ2n) is 7.01. The molecule has 1 aliphatic rings. The number of benzene rings is 1. The fraction of sp³-hybridized carbons (Fsp3) is 0.350. The van der Waals surface area contributed by atoms with Crippen LogP contribution in [-0.4, -0.2) is 34.3 Å². The van der Waals surface area contributed by atoms with E-state index in [9.17, 15) is 22.8 Å². The van der Waals surface area contributed by atoms with Gasteiger partial charge < -0.3 is 11.1 Å². The molecule has 2 heterocycles. The van der Waals surface area contributed by atoms with Crippen LogP contribution in [0, 0.1) is 6.92 Å². The van der Waals surface area contributed by atoms with Gasteiger partial charge in [0.15, 0.2) is 0 Å². The molecule has 2 amide bonds. The van der Waals surface area contributed by atoms with Gasteiger partial charge in [-0.15, -0.1) is 0 Å². The van der Waals surface area contributed by atoms with Crippen molar-refractivity contribution in [2.75, 3.05) is 11.9 Å². The van der Waals surface area contributed by atoms with Gasteiger partial charge in [-0.3, -0.25) is 14.5 Å². The predicted octanol–water partition coefficient (Wildman–Crippen LogP) is 3.11. The van der Waals surface area contributed by atoms with Gasteiger partial charge in [0, 0.05) is 12.2 Å². The fourth-order valence-electron chi connectivity index (χ4n) is 3.48. The summed E-state index contributed by atoms with van der Waals surface area (Å²) in [4.78, 5) is 29.5. The highest BCUT2D eigenvalue weighted by Gasteiger charge is 2.33. The number of carbonyl (C=O) groups excluding carboxylic acids is 2. The molecule has 1 unspecified atom stereocenters. The number of nitrogens with two attached hydrogens (primary N) is 1. The zero-order valence-electron chi connectivity index (χ0n) is 15.8. The van der Waals surface area contributed by atoms with Crippen LogP contribution in [0.5, 0.6) is 0 Å². The van der Waals surface area contributed by atoms with Crippen LogP contribution in [0.2, 0.25) is 0 Å². The molecule has 1 atom stereocenters. The van der Waals surface area contributed by atoms with E-state index in [1.165, 1.54) is 6.92 Å². The summed E-state index contributed by atoms with van der Waals surface area (Å²) in [5.74, 6) is -0.894. The number of amides is 2. The van der Waals surface area contributed by atoms with Crippen LogP contribution in [0.25, 0.3) is 0 Å². The maximum absolute atomic E-state index is 12.7. The zero-order valence-corrected chi connectivity index (χ0v) is 15.8. The van der Waals surface area contributed by atoms with Crippen molar-refractivity contribution in [2.45, 2.75) is 38.5 Å². The van der Waals surface area contributed by atoms with Crippen molar-refractivity contribution in [1.29, 1.82) is 0 Å². The molecule has 0 bridgehead atoms. The van der Waals surface area contributed by atoms with E-state index in [2.05, 4.69) is 10.3 Å². The maximum Gasteiger partial charge on any atom is 0.433 e. The Kier molecular flexibility index (Phi) is 5.88. The third kappa shape index (κ3) is 4.92. The standard InChI is InChI=1S/C20H21F3N4O2/c1-12-15(7-8-17(25-12)20(21,22)23)19(29)26-14-5-2-4-13(10-14)11-27-9-3-6-16(27)18(24)28/h2,4-5,7-8,10,16H,3,6,9,11H2,1H3,(H2,24,28)(H,26,29). The van der Waals surface area contributed by atoms with Crippen LogP contribution in [0.4, 0.5) is 18.9 Å². The summed E-state index contributed by atoms with van der Waals surface area (Å²) in [6.07, 6.45) is -2.94. The third-order valence-corrected chi connectivity index (χ3v) is 4.88. The van der Waals surface area contributed by atoms with Gasteiger partial charge in [0.2, 0.25) is 5.91 Å². The molecule has 1 saturated heterocycles. The summed E-state index contributed by atoms with van der Waals surface area (Å²) < 4.78 is 38.2. The molecule has 1 aliphatic heterocycles. The number of hydrogen-bond donors (Lipinski definition) is 2. The van der Waals surface area contributed by atoms with E-state index in [4.69, 9.17) is 5.73 Å². The molecule has 0 saturated carbocycles. The lowest BCUT2D eigenvalue weighted by atomic mass is 10.1. The number of likely N-dealkylation sites (tertiary alicyclic amines) is 1. The number of nitrogens with one attached hydrogen (secondary N) is 1. The monoisotopic (exact) mass is 406 g/mol. The summed E-state index contributed by atoms with van der Waals surface area (Å²) in [6.45, 7) is 2.64. The molecule has 3 rings (SSSR count). The van der Waals surface area contributed by atoms with Gasteiger partial charge in [0.1, 0.15) is 5.69 Å². The Morgan fingerprint density at radius 3 is 2.69 bits per heavy atom. The van der Waals surface area contributed by atoms with Crippen molar-refractivity contribution in [3.8, 4) is 0 Å². The van der Waals surface area contributed by atoms with Gasteiger partial charge in [-0.05, 0) is 56.1 Å². The van der Waals surface area contributed by atoms with Crippen molar-refractivity contribution in [1.82, 2.24) is 9.88 Å². The van der Waals surface area contributed by atoms with E-state index in [1.807, 2.05) is 11.0 Å². The minimum Gasteiger partial charge on any atom is -0.368 e. The van der Waals surface area contributed by atoms with Gasteiger partial charge in [0.25, 0.3) is 5.91 Å². The minimum absolute atomic E-state index is 0.00477. The highest BCUT2D eigenvalue weighted by atomic mass is 19.4. The largest absolute Gasteiger partial charge is 0.433 e. The summed E-state index contributed by atoms with van der Waals surface area (Å²) in [5.41, 5.74) is 5.85. The number of aryl methyl sites for hydroxylation is 1. The number of anilines is 1. The van der Waals surface area contributed by atoms with E-state index < -0.39 is 17.8 Å². The summed E-state index contributed by atoms with van der Waals surface area (Å²) in [5, 5.41) is 2.69. The fourth-order valence-corrected chi connectivity index (χ4v) is 3.48. The Balaban J connectivity index is 1.72. The van der Waals surface area contributed by atoms with Crippen LogP contribution in [0.1, 0.15) is 40.2 Å². The van der Waals surface area contributed by atoms with E-state index in [1.54, 1.807) is 18.2 Å². The minimum atomic E-state index is -4.56. The number of pyridine rings is 1. The van der Waals surface area contributed by atoms with Crippen molar-refractivity contribution >= 4 is 17.5 Å². The number of alkyl halides is 3. The molecule has 6 nitrogen and oxygen atoms in total. The normalized spacial score (nSPS) is 17.3. The van der Waals surface area contributed by atoms with Crippen LogP contribution >= 0.6 is 0 Å². The van der Waals surface area contributed by atoms with Crippen LogP contribution in [0.15, 0.2) is 36.4 Å². The Bertz CT molecular complexity index is 930. The number of nitrogens with zero attached hydrogens (tertiary/aromatic N) is 2. The highest BCUT2D eigenvalue weighted by molar-refractivity contribution is 6.05. The molecule has 154 valence electrons. The van der Waals surface area contributed by atoms with Gasteiger partial charge in [0.05, 0.1) is 17.3 Å². The van der Waals surface area contributed by atoms with Crippen LogP contribution in [-0.2, 0) is 17.5 Å². The molecular formula is C20H21F3N4O2. The molecule has 3 N–H and O–H groups in total. The Morgan fingerprint density at radius 1 is 1.28 bits per heavy atom. The van der Waals surface area contributed by atoms with Gasteiger partial charge in [-0.25, -0.2) is 4.98 Å². The Morgan fingerprint density at radius 2 is 2.03 bits per heavy atom. The Hall–Kier alpha value is -2.94. The topological polar surface area (TPSA) is 88.3 Å². The van der Waals surface area contributed by atoms with Crippen molar-refractivity contribution in [3.05, 3.63) is 58.9 Å². The number of rotatable bonds is 5. The molecule has 29 heavy (non-hydrogen) atoms. The maximum atomic E-state index is 12.7. The molecular weight excluding hydrogens is 385 g/mol. The quantitative estimate of drug-likeness (QED) is 0.799. The number of aromatic nitrogens is 1.